The average Bonchev–Trinajstić information content (AvgIpc) is 2.97. The molecule has 0 saturated carbocycles. The molecule has 1 aliphatic rings. The van der Waals surface area contributed by atoms with Gasteiger partial charge in [-0.1, -0.05) is 0 Å². The van der Waals surface area contributed by atoms with Crippen LogP contribution in [0.25, 0.3) is 4.96 Å². The van der Waals surface area contributed by atoms with Crippen molar-refractivity contribution in [3.8, 4) is 0 Å². The minimum Gasteiger partial charge on any atom is -0.381 e. The zero-order chi connectivity index (χ0) is 12.4. The minimum atomic E-state index is 0.536. The number of imidazole rings is 1. The Bertz CT molecular complexity index is 473. The molecule has 1 saturated heterocycles. The molecule has 1 fully saturated rings. The molecule has 0 aliphatic carbocycles. The molecule has 1 aliphatic heterocycles. The quantitative estimate of drug-likeness (QED) is 0.922. The normalized spacial score (nSPS) is 19.4. The highest BCUT2D eigenvalue weighted by molar-refractivity contribution is 7.15. The summed E-state index contributed by atoms with van der Waals surface area (Å²) in [5.74, 6) is 0.738. The van der Waals surface area contributed by atoms with Crippen LogP contribution in [0.5, 0.6) is 0 Å². The van der Waals surface area contributed by atoms with Gasteiger partial charge in [-0.3, -0.25) is 4.40 Å². The summed E-state index contributed by atoms with van der Waals surface area (Å²) in [4.78, 5) is 5.66. The van der Waals surface area contributed by atoms with E-state index in [2.05, 4.69) is 39.4 Å². The van der Waals surface area contributed by atoms with Gasteiger partial charge in [-0.2, -0.15) is 0 Å². The van der Waals surface area contributed by atoms with Gasteiger partial charge in [0.1, 0.15) is 0 Å². The number of nitrogens with zero attached hydrogens (tertiary/aromatic N) is 2. The first-order valence-electron chi connectivity index (χ1n) is 6.55. The lowest BCUT2D eigenvalue weighted by Crippen LogP contribution is -2.36. The van der Waals surface area contributed by atoms with E-state index in [1.165, 1.54) is 12.8 Å². The van der Waals surface area contributed by atoms with Crippen molar-refractivity contribution in [3.05, 3.63) is 23.5 Å². The highest BCUT2D eigenvalue weighted by atomic mass is 32.1. The first-order chi connectivity index (χ1) is 8.83. The Morgan fingerprint density at radius 2 is 2.39 bits per heavy atom. The second kappa shape index (κ2) is 5.38. The van der Waals surface area contributed by atoms with E-state index in [0.29, 0.717) is 6.04 Å². The molecule has 4 nitrogen and oxygen atoms in total. The van der Waals surface area contributed by atoms with E-state index in [9.17, 15) is 0 Å². The topological polar surface area (TPSA) is 38.6 Å². The SMILES string of the molecule is CC(NCc1cn2ccsc2n1)C1CCOCC1. The summed E-state index contributed by atoms with van der Waals surface area (Å²) in [7, 11) is 0. The summed E-state index contributed by atoms with van der Waals surface area (Å²) >= 11 is 1.68. The molecule has 3 rings (SSSR count). The van der Waals surface area contributed by atoms with Gasteiger partial charge in [0.25, 0.3) is 0 Å². The molecule has 98 valence electrons. The van der Waals surface area contributed by atoms with Gasteiger partial charge in [0.2, 0.25) is 0 Å². The Morgan fingerprint density at radius 1 is 1.56 bits per heavy atom. The average molecular weight is 265 g/mol. The third-order valence-electron chi connectivity index (χ3n) is 3.72. The number of rotatable bonds is 4. The van der Waals surface area contributed by atoms with Crippen LogP contribution < -0.4 is 5.32 Å². The van der Waals surface area contributed by atoms with Gasteiger partial charge in [0.15, 0.2) is 4.96 Å². The number of aromatic nitrogens is 2. The van der Waals surface area contributed by atoms with Crippen LogP contribution in [0, 0.1) is 5.92 Å². The zero-order valence-electron chi connectivity index (χ0n) is 10.6. The highest BCUT2D eigenvalue weighted by Gasteiger charge is 2.20. The standard InChI is InChI=1S/C13H19N3OS/c1-10(11-2-5-17-6-3-11)14-8-12-9-16-4-7-18-13(16)15-12/h4,7,9-11,14H,2-3,5-6,8H2,1H3. The van der Waals surface area contributed by atoms with E-state index in [4.69, 9.17) is 4.74 Å². The van der Waals surface area contributed by atoms with Crippen molar-refractivity contribution in [2.24, 2.45) is 5.92 Å². The lowest BCUT2D eigenvalue weighted by molar-refractivity contribution is 0.0557. The molecule has 3 heterocycles. The van der Waals surface area contributed by atoms with Gasteiger partial charge < -0.3 is 10.1 Å². The fraction of sp³-hybridized carbons (Fsp3) is 0.615. The summed E-state index contributed by atoms with van der Waals surface area (Å²) in [6, 6.07) is 0.536. The molecule has 0 bridgehead atoms. The summed E-state index contributed by atoms with van der Waals surface area (Å²) in [5, 5.41) is 5.65. The number of nitrogens with one attached hydrogen (secondary N) is 1. The largest absolute Gasteiger partial charge is 0.381 e. The fourth-order valence-corrected chi connectivity index (χ4v) is 3.23. The lowest BCUT2D eigenvalue weighted by atomic mass is 9.93. The molecule has 2 aromatic rings. The van der Waals surface area contributed by atoms with Gasteiger partial charge in [-0.25, -0.2) is 4.98 Å². The second-order valence-electron chi connectivity index (χ2n) is 4.94. The van der Waals surface area contributed by atoms with Crippen molar-refractivity contribution in [1.29, 1.82) is 0 Å². The van der Waals surface area contributed by atoms with E-state index in [0.717, 1.165) is 36.3 Å². The Labute approximate surface area is 111 Å². The predicted molar refractivity (Wildman–Crippen MR) is 72.9 cm³/mol. The van der Waals surface area contributed by atoms with Crippen LogP contribution in [0.2, 0.25) is 0 Å². The molecule has 0 radical (unpaired) electrons. The molecule has 0 aromatic carbocycles. The van der Waals surface area contributed by atoms with Crippen LogP contribution in [0.15, 0.2) is 17.8 Å². The van der Waals surface area contributed by atoms with Crippen LogP contribution in [-0.4, -0.2) is 28.6 Å². The number of hydrogen-bond donors (Lipinski definition) is 1. The van der Waals surface area contributed by atoms with Crippen molar-refractivity contribution in [1.82, 2.24) is 14.7 Å². The van der Waals surface area contributed by atoms with Crippen LogP contribution in [0.4, 0.5) is 0 Å². The summed E-state index contributed by atoms with van der Waals surface area (Å²) < 4.78 is 7.48. The smallest absolute Gasteiger partial charge is 0.193 e. The van der Waals surface area contributed by atoms with Gasteiger partial charge in [0.05, 0.1) is 5.69 Å². The highest BCUT2D eigenvalue weighted by Crippen LogP contribution is 2.19. The molecule has 0 spiro atoms. The van der Waals surface area contributed by atoms with E-state index in [1.54, 1.807) is 11.3 Å². The van der Waals surface area contributed by atoms with E-state index < -0.39 is 0 Å². The number of thiazole rings is 1. The Balaban J connectivity index is 1.55. The Kier molecular flexibility index (Phi) is 3.63. The molecular weight excluding hydrogens is 246 g/mol. The van der Waals surface area contributed by atoms with Crippen molar-refractivity contribution in [2.75, 3.05) is 13.2 Å². The van der Waals surface area contributed by atoms with Gasteiger partial charge >= 0.3 is 0 Å². The first-order valence-corrected chi connectivity index (χ1v) is 7.43. The van der Waals surface area contributed by atoms with Gasteiger partial charge in [-0.05, 0) is 25.7 Å². The Hall–Kier alpha value is -0.910. The molecule has 5 heteroatoms. The molecule has 1 unspecified atom stereocenters. The summed E-state index contributed by atoms with van der Waals surface area (Å²) in [6.07, 6.45) is 6.51. The molecular formula is C13H19N3OS. The van der Waals surface area contributed by atoms with Crippen LogP contribution in [0.3, 0.4) is 0 Å². The maximum absolute atomic E-state index is 5.40. The van der Waals surface area contributed by atoms with Gasteiger partial charge in [0, 0.05) is 43.6 Å². The number of hydrogen-bond acceptors (Lipinski definition) is 4. The number of fused-ring (bicyclic) bond motifs is 1. The summed E-state index contributed by atoms with van der Waals surface area (Å²) in [5.41, 5.74) is 1.13. The second-order valence-corrected chi connectivity index (χ2v) is 5.82. The zero-order valence-corrected chi connectivity index (χ0v) is 11.4. The third kappa shape index (κ3) is 2.58. The summed E-state index contributed by atoms with van der Waals surface area (Å²) in [6.45, 7) is 4.95. The van der Waals surface area contributed by atoms with Crippen molar-refractivity contribution in [2.45, 2.75) is 32.4 Å². The lowest BCUT2D eigenvalue weighted by Gasteiger charge is -2.28. The van der Waals surface area contributed by atoms with E-state index >= 15 is 0 Å². The fourth-order valence-electron chi connectivity index (χ4n) is 2.51. The first kappa shape index (κ1) is 12.1. The molecule has 2 aromatic heterocycles. The van der Waals surface area contributed by atoms with Gasteiger partial charge in [-0.15, -0.1) is 11.3 Å². The van der Waals surface area contributed by atoms with E-state index in [1.807, 2.05) is 0 Å². The third-order valence-corrected chi connectivity index (χ3v) is 4.49. The molecule has 1 N–H and O–H groups in total. The monoisotopic (exact) mass is 265 g/mol. The van der Waals surface area contributed by atoms with Crippen molar-refractivity contribution >= 4 is 16.3 Å². The van der Waals surface area contributed by atoms with Crippen LogP contribution in [-0.2, 0) is 11.3 Å². The van der Waals surface area contributed by atoms with Crippen LogP contribution in [0.1, 0.15) is 25.5 Å². The molecule has 18 heavy (non-hydrogen) atoms. The molecule has 0 amide bonds. The maximum Gasteiger partial charge on any atom is 0.193 e. The molecule has 1 atom stereocenters. The van der Waals surface area contributed by atoms with E-state index in [-0.39, 0.29) is 0 Å². The van der Waals surface area contributed by atoms with Crippen molar-refractivity contribution < 1.29 is 4.74 Å². The van der Waals surface area contributed by atoms with Crippen molar-refractivity contribution in [3.63, 3.8) is 0 Å². The minimum absolute atomic E-state index is 0.536. The predicted octanol–water partition coefficient (Wildman–Crippen LogP) is 2.30. The maximum atomic E-state index is 5.40. The van der Waals surface area contributed by atoms with Crippen LogP contribution >= 0.6 is 11.3 Å². The Morgan fingerprint density at radius 3 is 3.17 bits per heavy atom. The number of ether oxygens (including phenoxy) is 1.